The molecule has 2 aromatic carbocycles. The summed E-state index contributed by atoms with van der Waals surface area (Å²) in [5, 5.41) is 16.4. The van der Waals surface area contributed by atoms with E-state index in [1.807, 2.05) is 24.3 Å². The maximum absolute atomic E-state index is 12.5. The van der Waals surface area contributed by atoms with Gasteiger partial charge in [0.2, 0.25) is 5.82 Å². The maximum Gasteiger partial charge on any atom is 0.321 e. The van der Waals surface area contributed by atoms with Gasteiger partial charge in [-0.2, -0.15) is 4.80 Å². The molecule has 0 atom stereocenters. The summed E-state index contributed by atoms with van der Waals surface area (Å²) in [6.07, 6.45) is 1.48. The fourth-order valence-electron chi connectivity index (χ4n) is 3.54. The number of aromatic nitrogens is 4. The third kappa shape index (κ3) is 4.72. The summed E-state index contributed by atoms with van der Waals surface area (Å²) in [5.41, 5.74) is 1.47. The van der Waals surface area contributed by atoms with Crippen LogP contribution in [0.5, 0.6) is 11.5 Å². The number of halogens is 1. The number of rotatable bonds is 5. The Kier molecular flexibility index (Phi) is 6.22. The monoisotopic (exact) mass is 442 g/mol. The Hall–Kier alpha value is -3.33. The fraction of sp³-hybridized carbons (Fsp3) is 0.333. The second-order valence-electron chi connectivity index (χ2n) is 7.16. The number of nitrogens with one attached hydrogen (secondary N) is 1. The highest BCUT2D eigenvalue weighted by Crippen LogP contribution is 2.31. The predicted octanol–water partition coefficient (Wildman–Crippen LogP) is 3.88. The van der Waals surface area contributed by atoms with E-state index in [9.17, 15) is 4.79 Å². The normalized spacial score (nSPS) is 14.4. The highest BCUT2D eigenvalue weighted by Gasteiger charge is 2.26. The molecule has 0 bridgehead atoms. The molecule has 1 N–H and O–H groups in total. The number of benzene rings is 2. The molecular formula is C21H23ClN6O3. The van der Waals surface area contributed by atoms with Gasteiger partial charge in [-0.05, 0) is 54.5 Å². The SMILES string of the molecule is COc1ccc(-c2nnn(C3CCN(C(=O)Nc4cccc(Cl)c4)CC3)n2)cc1OC. The number of amides is 2. The number of tetrazole rings is 1. The van der Waals surface area contributed by atoms with Crippen molar-refractivity contribution < 1.29 is 14.3 Å². The number of likely N-dealkylation sites (tertiary alicyclic amines) is 1. The number of ether oxygens (including phenoxy) is 2. The summed E-state index contributed by atoms with van der Waals surface area (Å²) in [5.74, 6) is 1.76. The van der Waals surface area contributed by atoms with E-state index >= 15 is 0 Å². The lowest BCUT2D eigenvalue weighted by atomic mass is 10.1. The Balaban J connectivity index is 1.37. The zero-order valence-electron chi connectivity index (χ0n) is 17.3. The first kappa shape index (κ1) is 20.9. The molecule has 0 spiro atoms. The van der Waals surface area contributed by atoms with Gasteiger partial charge in [-0.3, -0.25) is 0 Å². The van der Waals surface area contributed by atoms with E-state index in [0.29, 0.717) is 41.1 Å². The van der Waals surface area contributed by atoms with Crippen molar-refractivity contribution in [1.29, 1.82) is 0 Å². The summed E-state index contributed by atoms with van der Waals surface area (Å²) in [7, 11) is 3.18. The zero-order chi connectivity index (χ0) is 21.8. The standard InChI is InChI=1S/C21H23ClN6O3/c1-30-18-7-6-14(12-19(18)31-2)20-24-26-28(25-20)17-8-10-27(11-9-17)21(29)23-16-5-3-4-15(22)13-16/h3-7,12-13,17H,8-11H2,1-2H3,(H,23,29). The molecule has 1 saturated heterocycles. The molecule has 2 amide bonds. The number of anilines is 1. The van der Waals surface area contributed by atoms with Crippen LogP contribution in [0.25, 0.3) is 11.4 Å². The lowest BCUT2D eigenvalue weighted by Crippen LogP contribution is -2.41. The number of carbonyl (C=O) groups is 1. The minimum Gasteiger partial charge on any atom is -0.493 e. The van der Waals surface area contributed by atoms with Crippen LogP contribution in [0, 0.1) is 0 Å². The molecule has 1 aliphatic rings. The van der Waals surface area contributed by atoms with Crippen molar-refractivity contribution in [1.82, 2.24) is 25.1 Å². The minimum absolute atomic E-state index is 0.0802. The fourth-order valence-corrected chi connectivity index (χ4v) is 3.73. The third-order valence-electron chi connectivity index (χ3n) is 5.22. The van der Waals surface area contributed by atoms with E-state index in [-0.39, 0.29) is 12.1 Å². The first-order chi connectivity index (χ1) is 15.1. The van der Waals surface area contributed by atoms with Gasteiger partial charge in [-0.15, -0.1) is 10.2 Å². The average Bonchev–Trinajstić information content (AvgIpc) is 3.29. The van der Waals surface area contributed by atoms with Gasteiger partial charge in [-0.25, -0.2) is 4.79 Å². The van der Waals surface area contributed by atoms with Crippen molar-refractivity contribution in [3.63, 3.8) is 0 Å². The number of methoxy groups -OCH3 is 2. The number of hydrogen-bond donors (Lipinski definition) is 1. The highest BCUT2D eigenvalue weighted by molar-refractivity contribution is 6.30. The second kappa shape index (κ2) is 9.22. The quantitative estimate of drug-likeness (QED) is 0.644. The number of hydrogen-bond acceptors (Lipinski definition) is 6. The largest absolute Gasteiger partial charge is 0.493 e. The molecule has 0 aliphatic carbocycles. The maximum atomic E-state index is 12.5. The van der Waals surface area contributed by atoms with Gasteiger partial charge in [0.25, 0.3) is 0 Å². The van der Waals surface area contributed by atoms with Gasteiger partial charge in [0.1, 0.15) is 0 Å². The highest BCUT2D eigenvalue weighted by atomic mass is 35.5. The summed E-state index contributed by atoms with van der Waals surface area (Å²) in [6, 6.07) is 12.5. The van der Waals surface area contributed by atoms with E-state index in [1.165, 1.54) is 0 Å². The van der Waals surface area contributed by atoms with Crippen LogP contribution >= 0.6 is 11.6 Å². The topological polar surface area (TPSA) is 94.4 Å². The van der Waals surface area contributed by atoms with Crippen LogP contribution in [0.2, 0.25) is 5.02 Å². The van der Waals surface area contributed by atoms with Crippen LogP contribution in [0.15, 0.2) is 42.5 Å². The Labute approximate surface area is 184 Å². The molecule has 4 rings (SSSR count). The molecule has 1 fully saturated rings. The number of nitrogens with zero attached hydrogens (tertiary/aromatic N) is 5. The number of piperidine rings is 1. The number of carbonyl (C=O) groups excluding carboxylic acids is 1. The molecular weight excluding hydrogens is 420 g/mol. The summed E-state index contributed by atoms with van der Waals surface area (Å²) in [6.45, 7) is 1.20. The molecule has 2 heterocycles. The van der Waals surface area contributed by atoms with E-state index in [2.05, 4.69) is 20.7 Å². The lowest BCUT2D eigenvalue weighted by molar-refractivity contribution is 0.175. The van der Waals surface area contributed by atoms with Crippen molar-refractivity contribution in [3.05, 3.63) is 47.5 Å². The van der Waals surface area contributed by atoms with Crippen molar-refractivity contribution in [2.45, 2.75) is 18.9 Å². The summed E-state index contributed by atoms with van der Waals surface area (Å²) >= 11 is 5.98. The minimum atomic E-state index is -0.140. The van der Waals surface area contributed by atoms with Gasteiger partial charge >= 0.3 is 6.03 Å². The molecule has 162 valence electrons. The van der Waals surface area contributed by atoms with E-state index in [1.54, 1.807) is 42.1 Å². The Morgan fingerprint density at radius 1 is 1.10 bits per heavy atom. The summed E-state index contributed by atoms with van der Waals surface area (Å²) < 4.78 is 10.6. The average molecular weight is 443 g/mol. The Morgan fingerprint density at radius 3 is 2.58 bits per heavy atom. The van der Waals surface area contributed by atoms with Crippen LogP contribution in [0.3, 0.4) is 0 Å². The van der Waals surface area contributed by atoms with Gasteiger partial charge in [-0.1, -0.05) is 17.7 Å². The third-order valence-corrected chi connectivity index (χ3v) is 5.46. The van der Waals surface area contributed by atoms with Gasteiger partial charge in [0.15, 0.2) is 11.5 Å². The van der Waals surface area contributed by atoms with Crippen molar-refractivity contribution >= 4 is 23.3 Å². The van der Waals surface area contributed by atoms with Crippen molar-refractivity contribution in [3.8, 4) is 22.9 Å². The van der Waals surface area contributed by atoms with Crippen molar-refractivity contribution in [2.24, 2.45) is 0 Å². The van der Waals surface area contributed by atoms with Crippen LogP contribution in [0.4, 0.5) is 10.5 Å². The molecule has 0 radical (unpaired) electrons. The smallest absolute Gasteiger partial charge is 0.321 e. The molecule has 0 unspecified atom stereocenters. The first-order valence-electron chi connectivity index (χ1n) is 9.91. The second-order valence-corrected chi connectivity index (χ2v) is 7.60. The number of urea groups is 1. The zero-order valence-corrected chi connectivity index (χ0v) is 18.0. The lowest BCUT2D eigenvalue weighted by Gasteiger charge is -2.31. The van der Waals surface area contributed by atoms with Crippen LogP contribution in [0.1, 0.15) is 18.9 Å². The van der Waals surface area contributed by atoms with E-state index < -0.39 is 0 Å². The van der Waals surface area contributed by atoms with Gasteiger partial charge in [0.05, 0.1) is 20.3 Å². The van der Waals surface area contributed by atoms with Crippen molar-refractivity contribution in [2.75, 3.05) is 32.6 Å². The molecule has 1 aromatic heterocycles. The molecule has 3 aromatic rings. The van der Waals surface area contributed by atoms with Crippen LogP contribution in [-0.4, -0.2) is 58.4 Å². The molecule has 1 aliphatic heterocycles. The van der Waals surface area contributed by atoms with E-state index in [0.717, 1.165) is 18.4 Å². The van der Waals surface area contributed by atoms with Crippen LogP contribution in [-0.2, 0) is 0 Å². The Bertz CT molecular complexity index is 1060. The van der Waals surface area contributed by atoms with Crippen LogP contribution < -0.4 is 14.8 Å². The van der Waals surface area contributed by atoms with Gasteiger partial charge in [0, 0.05) is 29.4 Å². The molecule has 0 saturated carbocycles. The molecule has 31 heavy (non-hydrogen) atoms. The van der Waals surface area contributed by atoms with E-state index in [4.69, 9.17) is 21.1 Å². The Morgan fingerprint density at radius 2 is 1.87 bits per heavy atom. The predicted molar refractivity (Wildman–Crippen MR) is 117 cm³/mol. The molecule has 9 nitrogen and oxygen atoms in total. The summed E-state index contributed by atoms with van der Waals surface area (Å²) in [4.78, 5) is 15.9. The first-order valence-corrected chi connectivity index (χ1v) is 10.3. The van der Waals surface area contributed by atoms with Gasteiger partial charge < -0.3 is 19.7 Å². The molecule has 10 heteroatoms.